The maximum atomic E-state index is 11.7. The molecular weight excluding hydrogens is 404 g/mol. The zero-order valence-electron chi connectivity index (χ0n) is 16.2. The van der Waals surface area contributed by atoms with Gasteiger partial charge in [-0.05, 0) is 6.26 Å². The van der Waals surface area contributed by atoms with E-state index in [1.165, 1.54) is 43.5 Å². The molecule has 3 rings (SSSR count). The lowest BCUT2D eigenvalue weighted by molar-refractivity contribution is -0.166. The minimum absolute atomic E-state index is 0.182. The molecular formula is C17H20N4O7S. The number of carbonyl (C=O) groups is 3. The van der Waals surface area contributed by atoms with Crippen LogP contribution >= 0.6 is 11.8 Å². The smallest absolute Gasteiger partial charge is 0.303 e. The van der Waals surface area contributed by atoms with Gasteiger partial charge in [-0.15, -0.1) is 16.9 Å². The predicted octanol–water partition coefficient (Wildman–Crippen LogP) is 0.872. The van der Waals surface area contributed by atoms with Gasteiger partial charge in [-0.1, -0.05) is 0 Å². The molecule has 29 heavy (non-hydrogen) atoms. The lowest BCUT2D eigenvalue weighted by atomic mass is 10.1. The molecule has 0 bridgehead atoms. The Morgan fingerprint density at radius 1 is 1.10 bits per heavy atom. The first-order valence-corrected chi connectivity index (χ1v) is 9.89. The molecule has 0 unspecified atom stereocenters. The van der Waals surface area contributed by atoms with Crippen LogP contribution in [0.25, 0.3) is 11.0 Å². The molecule has 0 spiro atoms. The first-order chi connectivity index (χ1) is 13.8. The van der Waals surface area contributed by atoms with Crippen LogP contribution in [0.1, 0.15) is 27.0 Å². The van der Waals surface area contributed by atoms with Crippen LogP contribution < -0.4 is 0 Å². The molecule has 0 N–H and O–H groups in total. The predicted molar refractivity (Wildman–Crippen MR) is 98.8 cm³/mol. The monoisotopic (exact) mass is 424 g/mol. The van der Waals surface area contributed by atoms with Crippen LogP contribution in [0.4, 0.5) is 0 Å². The molecule has 4 atom stereocenters. The van der Waals surface area contributed by atoms with Crippen LogP contribution in [0.2, 0.25) is 0 Å². The van der Waals surface area contributed by atoms with Gasteiger partial charge in [-0.25, -0.2) is 14.6 Å². The van der Waals surface area contributed by atoms with Crippen molar-refractivity contribution in [3.05, 3.63) is 12.5 Å². The van der Waals surface area contributed by atoms with Crippen molar-refractivity contribution in [2.75, 3.05) is 12.9 Å². The highest BCUT2D eigenvalue weighted by Crippen LogP contribution is 2.35. The Balaban J connectivity index is 1.99. The van der Waals surface area contributed by atoms with E-state index in [9.17, 15) is 14.4 Å². The van der Waals surface area contributed by atoms with Gasteiger partial charge in [-0.2, -0.15) is 0 Å². The summed E-state index contributed by atoms with van der Waals surface area (Å²) in [6.07, 6.45) is 1.18. The summed E-state index contributed by atoms with van der Waals surface area (Å²) >= 11 is 1.43. The molecule has 1 saturated heterocycles. The molecule has 2 aromatic rings. The van der Waals surface area contributed by atoms with Gasteiger partial charge in [0.2, 0.25) is 0 Å². The zero-order valence-corrected chi connectivity index (χ0v) is 17.0. The quantitative estimate of drug-likeness (QED) is 0.283. The fraction of sp³-hybridized carbons (Fsp3) is 0.529. The molecule has 1 fully saturated rings. The van der Waals surface area contributed by atoms with Gasteiger partial charge in [0.05, 0.1) is 5.39 Å². The zero-order chi connectivity index (χ0) is 21.1. The number of thioether (sulfide) groups is 1. The fourth-order valence-corrected chi connectivity index (χ4v) is 3.55. The Labute approximate surface area is 170 Å². The van der Waals surface area contributed by atoms with E-state index in [0.29, 0.717) is 11.0 Å². The third kappa shape index (κ3) is 4.65. The van der Waals surface area contributed by atoms with E-state index in [2.05, 4.69) is 15.1 Å². The van der Waals surface area contributed by atoms with E-state index >= 15 is 0 Å². The molecule has 1 aliphatic rings. The summed E-state index contributed by atoms with van der Waals surface area (Å²) in [5, 5.41) is 5.80. The van der Waals surface area contributed by atoms with Crippen molar-refractivity contribution < 1.29 is 33.3 Å². The number of hydrogen-bond acceptors (Lipinski definition) is 11. The molecule has 0 aliphatic carbocycles. The van der Waals surface area contributed by atoms with E-state index in [-0.39, 0.29) is 6.61 Å². The van der Waals surface area contributed by atoms with Gasteiger partial charge in [0, 0.05) is 27.0 Å². The highest BCUT2D eigenvalue weighted by Gasteiger charge is 2.51. The largest absolute Gasteiger partial charge is 0.463 e. The van der Waals surface area contributed by atoms with Crippen LogP contribution in [0, 0.1) is 0 Å². The summed E-state index contributed by atoms with van der Waals surface area (Å²) in [6.45, 7) is 3.53. The number of nitrogens with zero attached hydrogens (tertiary/aromatic N) is 4. The number of ether oxygens (including phenoxy) is 4. The summed E-state index contributed by atoms with van der Waals surface area (Å²) < 4.78 is 23.1. The van der Waals surface area contributed by atoms with Crippen LogP contribution in [-0.2, 0) is 33.3 Å². The molecule has 3 heterocycles. The number of hydrogen-bond donors (Lipinski definition) is 0. The maximum Gasteiger partial charge on any atom is 0.303 e. The molecule has 2 aromatic heterocycles. The van der Waals surface area contributed by atoms with Gasteiger partial charge < -0.3 is 18.9 Å². The van der Waals surface area contributed by atoms with Crippen LogP contribution in [0.5, 0.6) is 0 Å². The molecule has 0 saturated carbocycles. The van der Waals surface area contributed by atoms with Crippen molar-refractivity contribution in [1.82, 2.24) is 19.7 Å². The van der Waals surface area contributed by atoms with Crippen LogP contribution in [-0.4, -0.2) is 68.8 Å². The topological polar surface area (TPSA) is 132 Å². The average Bonchev–Trinajstić information content (AvgIpc) is 3.21. The molecule has 0 amide bonds. The molecule has 11 nitrogen and oxygen atoms in total. The maximum absolute atomic E-state index is 11.7. The van der Waals surface area contributed by atoms with Crippen molar-refractivity contribution in [2.24, 2.45) is 0 Å². The summed E-state index contributed by atoms with van der Waals surface area (Å²) in [5.41, 5.74) is 0.432. The van der Waals surface area contributed by atoms with E-state index < -0.39 is 42.4 Å². The Hall–Kier alpha value is -2.73. The summed E-state index contributed by atoms with van der Waals surface area (Å²) in [4.78, 5) is 42.9. The van der Waals surface area contributed by atoms with Crippen molar-refractivity contribution in [1.29, 1.82) is 0 Å². The number of esters is 3. The van der Waals surface area contributed by atoms with E-state index in [1.54, 1.807) is 6.20 Å². The third-order valence-electron chi connectivity index (χ3n) is 4.09. The van der Waals surface area contributed by atoms with E-state index in [4.69, 9.17) is 18.9 Å². The lowest BCUT2D eigenvalue weighted by Gasteiger charge is -2.23. The van der Waals surface area contributed by atoms with Gasteiger partial charge in [0.15, 0.2) is 24.1 Å². The molecule has 0 radical (unpaired) electrons. The van der Waals surface area contributed by atoms with Crippen LogP contribution in [0.15, 0.2) is 17.6 Å². The molecule has 12 heteroatoms. The second-order valence-corrected chi connectivity index (χ2v) is 7.04. The normalized spacial score (nSPS) is 23.7. The molecule has 0 aromatic carbocycles. The minimum atomic E-state index is -1.00. The van der Waals surface area contributed by atoms with Gasteiger partial charge in [0.1, 0.15) is 24.1 Å². The van der Waals surface area contributed by atoms with E-state index in [1.807, 2.05) is 6.26 Å². The fourth-order valence-electron chi connectivity index (χ4n) is 3.03. The summed E-state index contributed by atoms with van der Waals surface area (Å²) in [7, 11) is 0. The first kappa shape index (κ1) is 21.0. The minimum Gasteiger partial charge on any atom is -0.463 e. The highest BCUT2D eigenvalue weighted by molar-refractivity contribution is 7.98. The standard InChI is InChI=1S/C17H20N4O7S/c1-8(22)25-6-12-13(26-9(2)23)14(27-10(3)24)17(28-12)21-5-11-15(20-21)18-7-19-16(11)29-4/h5,7,12-14,17H,6H2,1-4H3/t12-,13-,14-,17+/m0/s1. The number of rotatable bonds is 6. The number of aromatic nitrogens is 4. The summed E-state index contributed by atoms with van der Waals surface area (Å²) in [5.74, 6) is -1.70. The Bertz CT molecular complexity index is 934. The molecule has 1 aliphatic heterocycles. The number of fused-ring (bicyclic) bond motifs is 1. The average molecular weight is 424 g/mol. The van der Waals surface area contributed by atoms with Crippen molar-refractivity contribution in [3.8, 4) is 0 Å². The Morgan fingerprint density at radius 2 is 1.79 bits per heavy atom. The SMILES string of the molecule is CSc1ncnc2nn([C@@H]3O[C@@H](COC(C)=O)[C@H](OC(C)=O)[C@@H]3OC(C)=O)cc12. The summed E-state index contributed by atoms with van der Waals surface area (Å²) in [6, 6.07) is 0. The first-order valence-electron chi connectivity index (χ1n) is 8.67. The Kier molecular flexibility index (Phi) is 6.33. The van der Waals surface area contributed by atoms with Crippen molar-refractivity contribution >= 4 is 40.7 Å². The highest BCUT2D eigenvalue weighted by atomic mass is 32.2. The van der Waals surface area contributed by atoms with Crippen molar-refractivity contribution in [2.45, 2.75) is 50.3 Å². The van der Waals surface area contributed by atoms with Gasteiger partial charge in [0.25, 0.3) is 0 Å². The second kappa shape index (κ2) is 8.74. The van der Waals surface area contributed by atoms with Crippen molar-refractivity contribution in [3.63, 3.8) is 0 Å². The van der Waals surface area contributed by atoms with Gasteiger partial charge in [-0.3, -0.25) is 14.4 Å². The van der Waals surface area contributed by atoms with Crippen LogP contribution in [0.3, 0.4) is 0 Å². The molecule has 156 valence electrons. The lowest BCUT2D eigenvalue weighted by Crippen LogP contribution is -2.40. The van der Waals surface area contributed by atoms with Gasteiger partial charge >= 0.3 is 17.9 Å². The third-order valence-corrected chi connectivity index (χ3v) is 4.80. The number of carbonyl (C=O) groups excluding carboxylic acids is 3. The Morgan fingerprint density at radius 3 is 2.41 bits per heavy atom. The second-order valence-electron chi connectivity index (χ2n) is 6.25. The van der Waals surface area contributed by atoms with E-state index in [0.717, 1.165) is 5.03 Å².